The Morgan fingerprint density at radius 2 is 2.03 bits per heavy atom. The van der Waals surface area contributed by atoms with E-state index in [-0.39, 0.29) is 11.5 Å². The van der Waals surface area contributed by atoms with Crippen LogP contribution in [0.4, 0.5) is 0 Å². The highest BCUT2D eigenvalue weighted by atomic mass is 16.5. The lowest BCUT2D eigenvalue weighted by atomic mass is 9.98. The maximum absolute atomic E-state index is 13.1. The van der Waals surface area contributed by atoms with E-state index in [1.54, 1.807) is 19.4 Å². The van der Waals surface area contributed by atoms with E-state index in [0.29, 0.717) is 30.3 Å². The third-order valence-corrected chi connectivity index (χ3v) is 5.52. The lowest BCUT2D eigenvalue weighted by Crippen LogP contribution is -2.31. The number of aryl methyl sites for hydroxylation is 1. The summed E-state index contributed by atoms with van der Waals surface area (Å²) < 4.78 is 17.3. The van der Waals surface area contributed by atoms with Crippen LogP contribution in [0.2, 0.25) is 0 Å². The Morgan fingerprint density at radius 3 is 2.77 bits per heavy atom. The number of pyridine rings is 1. The molecule has 2 aliphatic heterocycles. The van der Waals surface area contributed by atoms with Crippen LogP contribution in [-0.4, -0.2) is 29.5 Å². The van der Waals surface area contributed by atoms with E-state index in [1.165, 1.54) is 0 Å². The second-order valence-corrected chi connectivity index (χ2v) is 7.68. The van der Waals surface area contributed by atoms with Crippen molar-refractivity contribution in [2.45, 2.75) is 20.0 Å². The molecule has 0 N–H and O–H groups in total. The number of aromatic nitrogens is 1. The van der Waals surface area contributed by atoms with Crippen LogP contribution in [0.1, 0.15) is 32.7 Å². The molecule has 0 unspecified atom stereocenters. The van der Waals surface area contributed by atoms with Crippen molar-refractivity contribution in [2.24, 2.45) is 0 Å². The Hall–Kier alpha value is -3.64. The summed E-state index contributed by atoms with van der Waals surface area (Å²) in [5, 5.41) is 0. The van der Waals surface area contributed by atoms with Crippen molar-refractivity contribution in [1.29, 1.82) is 0 Å². The van der Waals surface area contributed by atoms with Crippen molar-refractivity contribution >= 4 is 11.9 Å². The molecule has 1 aromatic heterocycles. The van der Waals surface area contributed by atoms with Gasteiger partial charge in [0.05, 0.1) is 23.9 Å². The summed E-state index contributed by atoms with van der Waals surface area (Å²) in [6.45, 7) is 3.74. The predicted octanol–water partition coefficient (Wildman–Crippen LogP) is 4.37. The summed E-state index contributed by atoms with van der Waals surface area (Å²) in [5.74, 6) is 2.37. The zero-order valence-corrected chi connectivity index (χ0v) is 17.4. The van der Waals surface area contributed by atoms with E-state index in [0.717, 1.165) is 34.7 Å². The molecule has 6 heteroatoms. The number of methoxy groups -OCH3 is 1. The zero-order chi connectivity index (χ0) is 21.4. The molecule has 0 fully saturated rings. The number of carbonyl (C=O) groups excluding carboxylic acids is 1. The highest BCUT2D eigenvalue weighted by Gasteiger charge is 2.35. The summed E-state index contributed by atoms with van der Waals surface area (Å²) in [7, 11) is 1.66. The fourth-order valence-electron chi connectivity index (χ4n) is 3.96. The highest BCUT2D eigenvalue weighted by Crippen LogP contribution is 2.44. The smallest absolute Gasteiger partial charge is 0.232 e. The number of hydrogen-bond donors (Lipinski definition) is 0. The van der Waals surface area contributed by atoms with E-state index >= 15 is 0 Å². The Labute approximate surface area is 180 Å². The molecule has 0 radical (unpaired) electrons. The number of Topliss-reactive ketones (excluding diaryl/α,β-unsaturated/α-hetero) is 1. The van der Waals surface area contributed by atoms with Gasteiger partial charge in [0.25, 0.3) is 0 Å². The van der Waals surface area contributed by atoms with Crippen molar-refractivity contribution < 1.29 is 19.0 Å². The van der Waals surface area contributed by atoms with Crippen LogP contribution in [-0.2, 0) is 13.1 Å². The van der Waals surface area contributed by atoms with Gasteiger partial charge in [-0.3, -0.25) is 14.7 Å². The lowest BCUT2D eigenvalue weighted by Gasteiger charge is -2.30. The van der Waals surface area contributed by atoms with Crippen molar-refractivity contribution in [1.82, 2.24) is 9.88 Å². The van der Waals surface area contributed by atoms with E-state index in [1.807, 2.05) is 55.5 Å². The lowest BCUT2D eigenvalue weighted by molar-refractivity contribution is 0.0872. The summed E-state index contributed by atoms with van der Waals surface area (Å²) in [6, 6.07) is 15.5. The molecule has 156 valence electrons. The van der Waals surface area contributed by atoms with Gasteiger partial charge in [-0.15, -0.1) is 0 Å². The minimum Gasteiger partial charge on any atom is -0.497 e. The number of ether oxygens (including phenoxy) is 3. The first-order valence-electron chi connectivity index (χ1n) is 10.1. The van der Waals surface area contributed by atoms with E-state index in [4.69, 9.17) is 14.2 Å². The number of rotatable bonds is 4. The van der Waals surface area contributed by atoms with Gasteiger partial charge < -0.3 is 14.2 Å². The van der Waals surface area contributed by atoms with E-state index in [2.05, 4.69) is 9.88 Å². The maximum atomic E-state index is 13.1. The van der Waals surface area contributed by atoms with Gasteiger partial charge in [0, 0.05) is 25.4 Å². The standard InChI is InChI=1S/C25H22N2O4/c1-16-11-21-20(14-27(15-30-21)13-17-6-8-19(29-2)9-7-17)25-23(16)24(28)22(31-25)12-18-5-3-4-10-26-18/h3-12H,13-15H2,1-2H3/b22-12-. The van der Waals surface area contributed by atoms with Crippen LogP contribution in [0.5, 0.6) is 17.2 Å². The Kier molecular flexibility index (Phi) is 4.92. The molecule has 0 bridgehead atoms. The quantitative estimate of drug-likeness (QED) is 0.591. The molecule has 5 rings (SSSR count). The van der Waals surface area contributed by atoms with Gasteiger partial charge in [-0.2, -0.15) is 0 Å². The highest BCUT2D eigenvalue weighted by molar-refractivity contribution is 6.15. The monoisotopic (exact) mass is 414 g/mol. The normalized spacial score (nSPS) is 16.5. The Morgan fingerprint density at radius 1 is 1.19 bits per heavy atom. The first-order valence-corrected chi connectivity index (χ1v) is 10.1. The van der Waals surface area contributed by atoms with Crippen molar-refractivity contribution in [2.75, 3.05) is 13.8 Å². The largest absolute Gasteiger partial charge is 0.497 e. The maximum Gasteiger partial charge on any atom is 0.232 e. The van der Waals surface area contributed by atoms with Crippen LogP contribution < -0.4 is 14.2 Å². The molecular weight excluding hydrogens is 392 g/mol. The molecule has 6 nitrogen and oxygen atoms in total. The van der Waals surface area contributed by atoms with Gasteiger partial charge in [0.15, 0.2) is 5.76 Å². The number of nitrogens with zero attached hydrogens (tertiary/aromatic N) is 2. The second-order valence-electron chi connectivity index (χ2n) is 7.68. The number of fused-ring (bicyclic) bond motifs is 3. The van der Waals surface area contributed by atoms with Gasteiger partial charge in [-0.1, -0.05) is 18.2 Å². The zero-order valence-electron chi connectivity index (χ0n) is 17.4. The van der Waals surface area contributed by atoms with E-state index in [9.17, 15) is 4.79 Å². The van der Waals surface area contributed by atoms with E-state index < -0.39 is 0 Å². The Bertz CT molecular complexity index is 1170. The molecule has 3 aromatic rings. The molecule has 31 heavy (non-hydrogen) atoms. The summed E-state index contributed by atoms with van der Waals surface area (Å²) in [4.78, 5) is 19.5. The number of allylic oxidation sites excluding steroid dienone is 1. The first kappa shape index (κ1) is 19.3. The number of ketones is 1. The second kappa shape index (κ2) is 7.89. The summed E-state index contributed by atoms with van der Waals surface area (Å²) in [5.41, 5.74) is 4.20. The molecule has 0 atom stereocenters. The average molecular weight is 414 g/mol. The fourth-order valence-corrected chi connectivity index (χ4v) is 3.96. The van der Waals surface area contributed by atoms with Crippen molar-refractivity contribution in [3.8, 4) is 17.2 Å². The van der Waals surface area contributed by atoms with Crippen LogP contribution in [0, 0.1) is 6.92 Å². The van der Waals surface area contributed by atoms with Gasteiger partial charge in [-0.05, 0) is 48.4 Å². The molecule has 0 saturated heterocycles. The average Bonchev–Trinajstić information content (AvgIpc) is 3.12. The summed E-state index contributed by atoms with van der Waals surface area (Å²) in [6.07, 6.45) is 3.38. The van der Waals surface area contributed by atoms with Gasteiger partial charge in [0.2, 0.25) is 5.78 Å². The first-order chi connectivity index (χ1) is 15.1. The third kappa shape index (κ3) is 3.66. The van der Waals surface area contributed by atoms with Crippen LogP contribution in [0.3, 0.4) is 0 Å². The summed E-state index contributed by atoms with van der Waals surface area (Å²) >= 11 is 0. The minimum atomic E-state index is -0.117. The molecule has 2 aromatic carbocycles. The molecule has 2 aliphatic rings. The van der Waals surface area contributed by atoms with Crippen molar-refractivity contribution in [3.63, 3.8) is 0 Å². The topological polar surface area (TPSA) is 60.9 Å². The van der Waals surface area contributed by atoms with Gasteiger partial charge in [-0.25, -0.2) is 0 Å². The molecule has 0 amide bonds. The molecule has 3 heterocycles. The van der Waals surface area contributed by atoms with Crippen molar-refractivity contribution in [3.05, 3.63) is 88.4 Å². The number of benzene rings is 2. The fraction of sp³-hybridized carbons (Fsp3) is 0.200. The SMILES string of the molecule is COc1ccc(CN2COc3cc(C)c4c(c3C2)O/C(=C\c2ccccn2)C4=O)cc1. The molecule has 0 saturated carbocycles. The number of carbonyl (C=O) groups is 1. The molecule has 0 spiro atoms. The van der Waals surface area contributed by atoms with Crippen LogP contribution in [0.25, 0.3) is 6.08 Å². The van der Waals surface area contributed by atoms with Gasteiger partial charge in [0.1, 0.15) is 24.0 Å². The minimum absolute atomic E-state index is 0.117. The third-order valence-electron chi connectivity index (χ3n) is 5.52. The predicted molar refractivity (Wildman–Crippen MR) is 116 cm³/mol. The number of hydrogen-bond acceptors (Lipinski definition) is 6. The molecular formula is C25H22N2O4. The Balaban J connectivity index is 1.43. The van der Waals surface area contributed by atoms with Crippen LogP contribution in [0.15, 0.2) is 60.5 Å². The van der Waals surface area contributed by atoms with Crippen LogP contribution >= 0.6 is 0 Å². The van der Waals surface area contributed by atoms with Gasteiger partial charge >= 0.3 is 0 Å². The molecule has 0 aliphatic carbocycles.